The summed E-state index contributed by atoms with van der Waals surface area (Å²) in [6.45, 7) is 10.4. The van der Waals surface area contributed by atoms with E-state index in [2.05, 4.69) is 40.6 Å². The van der Waals surface area contributed by atoms with E-state index in [9.17, 15) is 4.79 Å². The summed E-state index contributed by atoms with van der Waals surface area (Å²) in [5, 5.41) is 3.09. The summed E-state index contributed by atoms with van der Waals surface area (Å²) >= 11 is 0. The minimum absolute atomic E-state index is 0.0918. The molecule has 0 aliphatic carbocycles. The molecule has 0 aromatic carbocycles. The van der Waals surface area contributed by atoms with Crippen molar-refractivity contribution in [1.29, 1.82) is 0 Å². The number of rotatable bonds is 5. The lowest BCUT2D eigenvalue weighted by molar-refractivity contribution is -0.120. The summed E-state index contributed by atoms with van der Waals surface area (Å²) in [7, 11) is 1.78. The van der Waals surface area contributed by atoms with Crippen molar-refractivity contribution in [3.8, 4) is 0 Å². The van der Waals surface area contributed by atoms with Crippen LogP contribution in [0.4, 0.5) is 17.5 Å². The lowest BCUT2D eigenvalue weighted by Crippen LogP contribution is -2.54. The number of nitrogens with zero attached hydrogens (tertiary/aromatic N) is 4. The minimum atomic E-state index is -0.176. The molecule has 0 fully saturated rings. The number of fused-ring (bicyclic) bond motifs is 1. The quantitative estimate of drug-likeness (QED) is 0.841. The second-order valence-electron chi connectivity index (χ2n) is 5.39. The molecule has 0 radical (unpaired) electrons. The first kappa shape index (κ1) is 15.3. The van der Waals surface area contributed by atoms with Crippen LogP contribution in [-0.4, -0.2) is 41.6 Å². The van der Waals surface area contributed by atoms with Gasteiger partial charge in [-0.1, -0.05) is 13.0 Å². The number of carbonyl (C=O) groups is 1. The molecule has 1 aliphatic heterocycles. The van der Waals surface area contributed by atoms with Gasteiger partial charge in [0.05, 0.1) is 6.20 Å². The molecule has 21 heavy (non-hydrogen) atoms. The monoisotopic (exact) mass is 289 g/mol. The second-order valence-corrected chi connectivity index (χ2v) is 5.39. The summed E-state index contributed by atoms with van der Waals surface area (Å²) in [6, 6.07) is 0.0122. The highest BCUT2D eigenvalue weighted by atomic mass is 16.2. The Labute approximate surface area is 125 Å². The first-order valence-corrected chi connectivity index (χ1v) is 7.29. The number of aromatic nitrogens is 2. The fraction of sp³-hybridized carbons (Fsp3) is 0.533. The van der Waals surface area contributed by atoms with Crippen molar-refractivity contribution < 1.29 is 4.79 Å². The van der Waals surface area contributed by atoms with Gasteiger partial charge in [0.2, 0.25) is 11.9 Å². The molecule has 0 unspecified atom stereocenters. The van der Waals surface area contributed by atoms with Gasteiger partial charge in [-0.2, -0.15) is 4.98 Å². The highest BCUT2D eigenvalue weighted by Gasteiger charge is 2.38. The molecule has 1 aliphatic rings. The van der Waals surface area contributed by atoms with Crippen LogP contribution in [0.15, 0.2) is 18.9 Å². The molecule has 1 atom stereocenters. The Balaban J connectivity index is 2.49. The molecule has 1 aromatic heterocycles. The smallest absolute Gasteiger partial charge is 0.249 e. The zero-order valence-electron chi connectivity index (χ0n) is 13.1. The van der Waals surface area contributed by atoms with E-state index in [-0.39, 0.29) is 18.0 Å². The van der Waals surface area contributed by atoms with E-state index in [1.54, 1.807) is 24.2 Å². The summed E-state index contributed by atoms with van der Waals surface area (Å²) in [5.74, 6) is 1.45. The molecule has 2 rings (SSSR count). The Morgan fingerprint density at radius 1 is 1.52 bits per heavy atom. The van der Waals surface area contributed by atoms with E-state index in [1.165, 1.54) is 0 Å². The maximum Gasteiger partial charge on any atom is 0.249 e. The SMILES string of the molecule is C=CCNc1ncc2c(n1)N(C(C)C)[C@H](CC)C(=O)N2C. The van der Waals surface area contributed by atoms with E-state index < -0.39 is 0 Å². The Hall–Kier alpha value is -2.11. The van der Waals surface area contributed by atoms with Gasteiger partial charge < -0.3 is 15.1 Å². The number of hydrogen-bond acceptors (Lipinski definition) is 5. The van der Waals surface area contributed by atoms with Crippen molar-refractivity contribution in [2.24, 2.45) is 0 Å². The zero-order valence-corrected chi connectivity index (χ0v) is 13.1. The van der Waals surface area contributed by atoms with Gasteiger partial charge in [-0.05, 0) is 20.3 Å². The third-order valence-corrected chi connectivity index (χ3v) is 3.65. The number of likely N-dealkylation sites (N-methyl/N-ethyl adjacent to an activating group) is 1. The fourth-order valence-electron chi connectivity index (χ4n) is 2.63. The molecule has 1 N–H and O–H groups in total. The predicted molar refractivity (Wildman–Crippen MR) is 85.8 cm³/mol. The van der Waals surface area contributed by atoms with Gasteiger partial charge in [0.15, 0.2) is 5.82 Å². The van der Waals surface area contributed by atoms with Crippen molar-refractivity contribution in [3.63, 3.8) is 0 Å². The van der Waals surface area contributed by atoms with Crippen molar-refractivity contribution in [2.45, 2.75) is 39.3 Å². The van der Waals surface area contributed by atoms with Gasteiger partial charge in [0.1, 0.15) is 11.7 Å². The van der Waals surface area contributed by atoms with Crippen LogP contribution in [0.5, 0.6) is 0 Å². The maximum absolute atomic E-state index is 12.5. The standard InChI is InChI=1S/C15H23N5O/c1-6-8-16-15-17-9-12-13(18-15)20(10(3)4)11(7-2)14(21)19(12)5/h6,9-11H,1,7-8H2,2-5H3,(H,16,17,18)/t11-/m1/s1. The van der Waals surface area contributed by atoms with Gasteiger partial charge in [0, 0.05) is 19.6 Å². The summed E-state index contributed by atoms with van der Waals surface area (Å²) in [6.07, 6.45) is 4.21. The zero-order chi connectivity index (χ0) is 15.6. The number of hydrogen-bond donors (Lipinski definition) is 1. The third-order valence-electron chi connectivity index (χ3n) is 3.65. The van der Waals surface area contributed by atoms with Gasteiger partial charge in [-0.25, -0.2) is 4.98 Å². The average molecular weight is 289 g/mol. The molecule has 114 valence electrons. The molecule has 0 spiro atoms. The van der Waals surface area contributed by atoms with Crippen molar-refractivity contribution in [1.82, 2.24) is 9.97 Å². The topological polar surface area (TPSA) is 61.4 Å². The van der Waals surface area contributed by atoms with Crippen LogP contribution in [0.2, 0.25) is 0 Å². The number of nitrogens with one attached hydrogen (secondary N) is 1. The average Bonchev–Trinajstić information content (AvgIpc) is 2.47. The van der Waals surface area contributed by atoms with Crippen molar-refractivity contribution in [3.05, 3.63) is 18.9 Å². The summed E-state index contributed by atoms with van der Waals surface area (Å²) in [5.41, 5.74) is 0.752. The molecular formula is C15H23N5O. The van der Waals surface area contributed by atoms with E-state index in [4.69, 9.17) is 0 Å². The van der Waals surface area contributed by atoms with Crippen LogP contribution < -0.4 is 15.1 Å². The number of amides is 1. The highest BCUT2D eigenvalue weighted by Crippen LogP contribution is 2.35. The van der Waals surface area contributed by atoms with Gasteiger partial charge in [-0.15, -0.1) is 6.58 Å². The summed E-state index contributed by atoms with van der Waals surface area (Å²) in [4.78, 5) is 25.1. The largest absolute Gasteiger partial charge is 0.351 e. The Kier molecular flexibility index (Phi) is 4.45. The molecule has 6 nitrogen and oxygen atoms in total. The molecule has 2 heterocycles. The van der Waals surface area contributed by atoms with Gasteiger partial charge in [0.25, 0.3) is 0 Å². The van der Waals surface area contributed by atoms with Gasteiger partial charge >= 0.3 is 0 Å². The van der Waals surface area contributed by atoms with E-state index in [0.717, 1.165) is 17.9 Å². The molecule has 6 heteroatoms. The lowest BCUT2D eigenvalue weighted by atomic mass is 10.1. The van der Waals surface area contributed by atoms with Gasteiger partial charge in [-0.3, -0.25) is 4.79 Å². The van der Waals surface area contributed by atoms with Crippen LogP contribution in [-0.2, 0) is 4.79 Å². The number of anilines is 3. The Bertz CT molecular complexity index is 543. The van der Waals surface area contributed by atoms with Crippen LogP contribution >= 0.6 is 0 Å². The van der Waals surface area contributed by atoms with Crippen LogP contribution in [0.3, 0.4) is 0 Å². The summed E-state index contributed by atoms with van der Waals surface area (Å²) < 4.78 is 0. The predicted octanol–water partition coefficient (Wildman–Crippen LogP) is 2.04. The molecule has 0 bridgehead atoms. The van der Waals surface area contributed by atoms with Crippen LogP contribution in [0.1, 0.15) is 27.2 Å². The minimum Gasteiger partial charge on any atom is -0.351 e. The Morgan fingerprint density at radius 2 is 2.24 bits per heavy atom. The molecular weight excluding hydrogens is 266 g/mol. The van der Waals surface area contributed by atoms with Crippen LogP contribution in [0, 0.1) is 0 Å². The molecule has 1 aromatic rings. The third kappa shape index (κ3) is 2.70. The van der Waals surface area contributed by atoms with Crippen LogP contribution in [0.25, 0.3) is 0 Å². The first-order chi connectivity index (χ1) is 10.0. The normalized spacial score (nSPS) is 18.0. The van der Waals surface area contributed by atoms with E-state index >= 15 is 0 Å². The van der Waals surface area contributed by atoms with Crippen molar-refractivity contribution >= 4 is 23.4 Å². The lowest BCUT2D eigenvalue weighted by Gasteiger charge is -2.42. The molecule has 0 saturated heterocycles. The second kappa shape index (κ2) is 6.11. The van der Waals surface area contributed by atoms with E-state index in [1.807, 2.05) is 6.92 Å². The van der Waals surface area contributed by atoms with E-state index in [0.29, 0.717) is 12.5 Å². The fourth-order valence-corrected chi connectivity index (χ4v) is 2.63. The Morgan fingerprint density at radius 3 is 2.81 bits per heavy atom. The number of carbonyl (C=O) groups excluding carboxylic acids is 1. The first-order valence-electron chi connectivity index (χ1n) is 7.29. The maximum atomic E-state index is 12.5. The van der Waals surface area contributed by atoms with Crippen molar-refractivity contribution in [2.75, 3.05) is 28.7 Å². The highest BCUT2D eigenvalue weighted by molar-refractivity contribution is 6.04. The molecule has 1 amide bonds. The molecule has 0 saturated carbocycles.